The zero-order valence-corrected chi connectivity index (χ0v) is 27.6. The van der Waals surface area contributed by atoms with E-state index in [0.717, 1.165) is 10.4 Å². The highest BCUT2D eigenvalue weighted by Gasteiger charge is 2.32. The Kier molecular flexibility index (Phi) is 10.7. The van der Waals surface area contributed by atoms with E-state index in [1.807, 2.05) is 44.2 Å². The number of carbonyl (C=O) groups excluding carboxylic acids is 2. The van der Waals surface area contributed by atoms with Crippen molar-refractivity contribution in [2.75, 3.05) is 25.0 Å². The van der Waals surface area contributed by atoms with Gasteiger partial charge in [0.25, 0.3) is 5.91 Å². The second-order valence-corrected chi connectivity index (χ2v) is 14.2. The van der Waals surface area contributed by atoms with Crippen molar-refractivity contribution in [2.45, 2.75) is 43.9 Å². The standard InChI is InChI=1S/C32H35N5O8S2/c1-21(2)16-37(17-28(38)27(13-22-7-5-4-6-8-22)35-32(40)44-19-24-15-33-20-46-24)47(41,42)25-9-10-26-29(14-25)45-31(34-26)36(3)30(39)23-11-12-43-18-23/h4-12,14-15,18,20-21,27-28,38H,13,16-17,19H2,1-3H3,(H,35,40). The van der Waals surface area contributed by atoms with Crippen LogP contribution in [0.5, 0.6) is 0 Å². The number of aliphatic hydroxyl groups is 1. The Morgan fingerprint density at radius 2 is 1.89 bits per heavy atom. The molecule has 0 saturated heterocycles. The number of furan rings is 1. The number of anilines is 1. The van der Waals surface area contributed by atoms with Crippen LogP contribution in [-0.2, 0) is 27.8 Å². The van der Waals surface area contributed by atoms with Crippen LogP contribution < -0.4 is 10.2 Å². The second kappa shape index (κ2) is 14.9. The van der Waals surface area contributed by atoms with Crippen LogP contribution in [-0.4, -0.2) is 72.1 Å². The number of benzene rings is 2. The van der Waals surface area contributed by atoms with E-state index in [2.05, 4.69) is 15.3 Å². The summed E-state index contributed by atoms with van der Waals surface area (Å²) in [7, 11) is -2.69. The largest absolute Gasteiger partial charge is 0.472 e. The van der Waals surface area contributed by atoms with Gasteiger partial charge < -0.3 is 24.0 Å². The molecule has 0 aliphatic rings. The average molecular weight is 682 g/mol. The summed E-state index contributed by atoms with van der Waals surface area (Å²) < 4.78 is 45.4. The van der Waals surface area contributed by atoms with E-state index in [4.69, 9.17) is 13.6 Å². The second-order valence-electron chi connectivity index (χ2n) is 11.3. The van der Waals surface area contributed by atoms with Crippen LogP contribution in [0.4, 0.5) is 10.8 Å². The topological polar surface area (TPSA) is 168 Å². The summed E-state index contributed by atoms with van der Waals surface area (Å²) in [4.78, 5) is 35.7. The third-order valence-electron chi connectivity index (χ3n) is 7.20. The summed E-state index contributed by atoms with van der Waals surface area (Å²) in [6.07, 6.45) is 2.45. The lowest BCUT2D eigenvalue weighted by Crippen LogP contribution is -2.51. The highest BCUT2D eigenvalue weighted by Crippen LogP contribution is 2.27. The summed E-state index contributed by atoms with van der Waals surface area (Å²) in [5.74, 6) is -0.508. The van der Waals surface area contributed by atoms with Crippen LogP contribution in [0.1, 0.15) is 34.6 Å². The minimum atomic E-state index is -4.18. The van der Waals surface area contributed by atoms with Gasteiger partial charge in [-0.1, -0.05) is 44.2 Å². The molecule has 3 aromatic heterocycles. The van der Waals surface area contributed by atoms with Crippen LogP contribution in [0.2, 0.25) is 0 Å². The van der Waals surface area contributed by atoms with Gasteiger partial charge in [-0.05, 0) is 36.1 Å². The van der Waals surface area contributed by atoms with Crippen molar-refractivity contribution in [3.63, 3.8) is 0 Å². The number of oxazole rings is 1. The Morgan fingerprint density at radius 3 is 2.57 bits per heavy atom. The van der Waals surface area contributed by atoms with Crippen LogP contribution in [0, 0.1) is 5.92 Å². The number of nitrogens with one attached hydrogen (secondary N) is 1. The number of nitrogens with zero attached hydrogens (tertiary/aromatic N) is 4. The molecule has 3 heterocycles. The first-order valence-corrected chi connectivity index (χ1v) is 17.1. The van der Waals surface area contributed by atoms with Gasteiger partial charge in [-0.15, -0.1) is 11.3 Å². The molecule has 2 unspecified atom stereocenters. The Bertz CT molecular complexity index is 1880. The number of amides is 2. The molecule has 0 saturated carbocycles. The highest BCUT2D eigenvalue weighted by atomic mass is 32.2. The Hall–Kier alpha value is -4.57. The van der Waals surface area contributed by atoms with Crippen LogP contribution in [0.3, 0.4) is 0 Å². The number of hydrogen-bond donors (Lipinski definition) is 2. The lowest BCUT2D eigenvalue weighted by Gasteiger charge is -2.30. The summed E-state index contributed by atoms with van der Waals surface area (Å²) in [6.45, 7) is 3.52. The number of ether oxygens (including phenoxy) is 1. The van der Waals surface area contributed by atoms with E-state index in [-0.39, 0.29) is 48.5 Å². The number of aromatic nitrogens is 2. The molecule has 5 rings (SSSR count). The van der Waals surface area contributed by atoms with Crippen molar-refractivity contribution >= 4 is 50.5 Å². The maximum Gasteiger partial charge on any atom is 0.407 e. The van der Waals surface area contributed by atoms with Crippen molar-refractivity contribution in [3.8, 4) is 0 Å². The highest BCUT2D eigenvalue weighted by molar-refractivity contribution is 7.89. The molecular weight excluding hydrogens is 647 g/mol. The molecular formula is C32H35N5O8S2. The monoisotopic (exact) mass is 681 g/mol. The minimum Gasteiger partial charge on any atom is -0.472 e. The van der Waals surface area contributed by atoms with E-state index < -0.39 is 34.2 Å². The molecule has 2 atom stereocenters. The number of fused-ring (bicyclic) bond motifs is 1. The van der Waals surface area contributed by atoms with E-state index in [1.54, 1.807) is 11.7 Å². The SMILES string of the molecule is CC(C)CN(CC(O)C(Cc1ccccc1)NC(=O)OCc1cncs1)S(=O)(=O)c1ccc2nc(N(C)C(=O)c3ccoc3)oc2c1. The Balaban J connectivity index is 1.36. The molecule has 0 spiro atoms. The summed E-state index contributed by atoms with van der Waals surface area (Å²) in [5, 5.41) is 14.2. The van der Waals surface area contributed by atoms with Gasteiger partial charge in [0.05, 0.1) is 39.3 Å². The summed E-state index contributed by atoms with van der Waals surface area (Å²) in [5.41, 5.74) is 3.27. The fourth-order valence-electron chi connectivity index (χ4n) is 4.82. The van der Waals surface area contributed by atoms with Crippen molar-refractivity contribution in [1.82, 2.24) is 19.6 Å². The molecule has 15 heteroatoms. The predicted molar refractivity (Wildman–Crippen MR) is 174 cm³/mol. The lowest BCUT2D eigenvalue weighted by atomic mass is 10.0. The van der Waals surface area contributed by atoms with E-state index in [1.165, 1.54) is 64.4 Å². The van der Waals surface area contributed by atoms with Crippen molar-refractivity contribution in [2.24, 2.45) is 5.92 Å². The zero-order chi connectivity index (χ0) is 33.6. The molecule has 248 valence electrons. The molecule has 0 aliphatic heterocycles. The van der Waals surface area contributed by atoms with Crippen molar-refractivity contribution in [3.05, 3.63) is 94.8 Å². The lowest BCUT2D eigenvalue weighted by molar-refractivity contribution is 0.0876. The molecule has 13 nitrogen and oxygen atoms in total. The maximum absolute atomic E-state index is 14.0. The van der Waals surface area contributed by atoms with Gasteiger partial charge in [0, 0.05) is 32.4 Å². The van der Waals surface area contributed by atoms with Gasteiger partial charge in [-0.25, -0.2) is 13.2 Å². The number of hydrogen-bond acceptors (Lipinski definition) is 11. The van der Waals surface area contributed by atoms with Gasteiger partial charge >= 0.3 is 12.1 Å². The van der Waals surface area contributed by atoms with E-state index in [0.29, 0.717) is 11.1 Å². The summed E-state index contributed by atoms with van der Waals surface area (Å²) in [6, 6.07) is 14.1. The zero-order valence-electron chi connectivity index (χ0n) is 26.0. The number of aliphatic hydroxyl groups excluding tert-OH is 1. The fourth-order valence-corrected chi connectivity index (χ4v) is 6.96. The Labute approximate surface area is 275 Å². The van der Waals surface area contributed by atoms with E-state index in [9.17, 15) is 23.1 Å². The molecule has 5 aromatic rings. The summed E-state index contributed by atoms with van der Waals surface area (Å²) >= 11 is 1.34. The smallest absolute Gasteiger partial charge is 0.407 e. The molecule has 2 N–H and O–H groups in total. The van der Waals surface area contributed by atoms with Gasteiger partial charge in [-0.2, -0.15) is 9.29 Å². The molecule has 0 bridgehead atoms. The molecule has 47 heavy (non-hydrogen) atoms. The molecule has 2 aromatic carbocycles. The first-order chi connectivity index (χ1) is 22.5. The van der Waals surface area contributed by atoms with Crippen LogP contribution in [0.25, 0.3) is 11.1 Å². The first-order valence-electron chi connectivity index (χ1n) is 14.7. The van der Waals surface area contributed by atoms with Crippen LogP contribution in [0.15, 0.2) is 92.6 Å². The average Bonchev–Trinajstić information content (AvgIpc) is 3.85. The maximum atomic E-state index is 14.0. The predicted octanol–water partition coefficient (Wildman–Crippen LogP) is 4.70. The van der Waals surface area contributed by atoms with Crippen LogP contribution >= 0.6 is 11.3 Å². The van der Waals surface area contributed by atoms with Crippen molar-refractivity contribution < 1.29 is 36.7 Å². The third-order valence-corrected chi connectivity index (χ3v) is 9.78. The van der Waals surface area contributed by atoms with Gasteiger partial charge in [0.2, 0.25) is 10.0 Å². The van der Waals surface area contributed by atoms with Crippen molar-refractivity contribution in [1.29, 1.82) is 0 Å². The number of alkyl carbamates (subject to hydrolysis) is 1. The Morgan fingerprint density at radius 1 is 1.11 bits per heavy atom. The molecule has 2 amide bonds. The number of rotatable bonds is 14. The molecule has 0 fully saturated rings. The first kappa shape index (κ1) is 33.8. The van der Waals surface area contributed by atoms with Gasteiger partial charge in [0.1, 0.15) is 18.4 Å². The third kappa shape index (κ3) is 8.43. The number of carbonyl (C=O) groups is 2. The quantitative estimate of drug-likeness (QED) is 0.168. The number of thiazole rings is 1. The normalized spacial score (nSPS) is 13.1. The molecule has 0 aliphatic carbocycles. The van der Waals surface area contributed by atoms with E-state index >= 15 is 0 Å². The fraction of sp³-hybridized carbons (Fsp3) is 0.312. The van der Waals surface area contributed by atoms with Gasteiger partial charge in [-0.3, -0.25) is 14.7 Å². The number of sulfonamides is 1. The minimum absolute atomic E-state index is 0.0115. The molecule has 0 radical (unpaired) electrons. The van der Waals surface area contributed by atoms with Gasteiger partial charge in [0.15, 0.2) is 5.58 Å².